The summed E-state index contributed by atoms with van der Waals surface area (Å²) in [4.78, 5) is 11.0. The van der Waals surface area contributed by atoms with Crippen molar-refractivity contribution in [3.63, 3.8) is 0 Å². The highest BCUT2D eigenvalue weighted by molar-refractivity contribution is 7.08. The molecule has 0 aliphatic heterocycles. The first-order valence-corrected chi connectivity index (χ1v) is 5.88. The number of nitrogens with zero attached hydrogens (tertiary/aromatic N) is 1. The van der Waals surface area contributed by atoms with Gasteiger partial charge in [-0.15, -0.1) is 0 Å². The number of carbonyl (C=O) groups is 1. The van der Waals surface area contributed by atoms with Crippen LogP contribution in [-0.4, -0.2) is 15.4 Å². The van der Waals surface area contributed by atoms with E-state index in [2.05, 4.69) is 4.37 Å². The summed E-state index contributed by atoms with van der Waals surface area (Å²) < 4.78 is 9.27. The van der Waals surface area contributed by atoms with Crippen molar-refractivity contribution < 1.29 is 14.6 Å². The van der Waals surface area contributed by atoms with E-state index in [-0.39, 0.29) is 11.5 Å². The van der Waals surface area contributed by atoms with Crippen molar-refractivity contribution in [1.29, 1.82) is 0 Å². The lowest BCUT2D eigenvalue weighted by molar-refractivity contribution is 0.0699. The van der Waals surface area contributed by atoms with Crippen molar-refractivity contribution in [1.82, 2.24) is 4.37 Å². The van der Waals surface area contributed by atoms with Crippen LogP contribution in [0.4, 0.5) is 0 Å². The first-order valence-electron chi connectivity index (χ1n) is 4.72. The number of ether oxygens (including phenoxy) is 1. The maximum atomic E-state index is 10.8. The molecule has 0 unspecified atom stereocenters. The van der Waals surface area contributed by atoms with Gasteiger partial charge in [-0.25, -0.2) is 4.79 Å². The molecule has 88 valence electrons. The summed E-state index contributed by atoms with van der Waals surface area (Å²) in [5.74, 6) is -0.470. The number of rotatable bonds is 4. The molecule has 4 nitrogen and oxygen atoms in total. The van der Waals surface area contributed by atoms with Gasteiger partial charge in [-0.3, -0.25) is 0 Å². The number of hydrogen-bond donors (Lipinski definition) is 1. The average molecular weight is 270 g/mol. The summed E-state index contributed by atoms with van der Waals surface area (Å²) in [5.41, 5.74) is 0.544. The van der Waals surface area contributed by atoms with Crippen molar-refractivity contribution >= 4 is 29.1 Å². The van der Waals surface area contributed by atoms with Crippen LogP contribution in [0.15, 0.2) is 30.5 Å². The largest absolute Gasteiger partial charge is 0.487 e. The fraction of sp³-hybridized carbons (Fsp3) is 0.0909. The van der Waals surface area contributed by atoms with Crippen LogP contribution in [0.2, 0.25) is 5.02 Å². The van der Waals surface area contributed by atoms with Crippen LogP contribution >= 0.6 is 23.1 Å². The Balaban J connectivity index is 2.10. The lowest BCUT2D eigenvalue weighted by Gasteiger charge is -2.06. The summed E-state index contributed by atoms with van der Waals surface area (Å²) in [6, 6.07) is 7.03. The number of aromatic nitrogens is 1. The predicted octanol–water partition coefficient (Wildman–Crippen LogP) is 3.07. The summed E-state index contributed by atoms with van der Waals surface area (Å²) in [7, 11) is 0. The lowest BCUT2D eigenvalue weighted by Crippen LogP contribution is -2.01. The smallest absolute Gasteiger partial charge is 0.347 e. The maximum absolute atomic E-state index is 10.8. The maximum Gasteiger partial charge on any atom is 0.347 e. The van der Waals surface area contributed by atoms with E-state index in [1.807, 2.05) is 0 Å². The van der Waals surface area contributed by atoms with Crippen molar-refractivity contribution in [3.8, 4) is 5.75 Å². The zero-order valence-electron chi connectivity index (χ0n) is 8.59. The Morgan fingerprint density at radius 2 is 2.24 bits per heavy atom. The van der Waals surface area contributed by atoms with E-state index in [0.717, 1.165) is 11.5 Å². The second-order valence-corrected chi connectivity index (χ2v) is 4.41. The first kappa shape index (κ1) is 11.9. The second-order valence-electron chi connectivity index (χ2n) is 3.20. The molecule has 1 aromatic heterocycles. The van der Waals surface area contributed by atoms with Gasteiger partial charge in [-0.05, 0) is 23.7 Å². The minimum absolute atomic E-state index is 0.141. The van der Waals surface area contributed by atoms with Gasteiger partial charge in [0.2, 0.25) is 0 Å². The van der Waals surface area contributed by atoms with E-state index < -0.39 is 5.97 Å². The Kier molecular flexibility index (Phi) is 3.61. The minimum atomic E-state index is -0.995. The van der Waals surface area contributed by atoms with Crippen molar-refractivity contribution in [2.45, 2.75) is 6.61 Å². The molecule has 0 aliphatic rings. The molecule has 0 atom stereocenters. The van der Waals surface area contributed by atoms with Crippen molar-refractivity contribution in [2.75, 3.05) is 0 Å². The number of para-hydroxylation sites is 1. The molecule has 17 heavy (non-hydrogen) atoms. The number of carboxylic acid groups (broad SMARTS) is 1. The number of halogens is 1. The molecule has 2 aromatic rings. The summed E-state index contributed by atoms with van der Waals surface area (Å²) in [6.07, 6.45) is 1.49. The molecular weight excluding hydrogens is 262 g/mol. The third kappa shape index (κ3) is 2.75. The standard InChI is InChI=1S/C11H8ClNO3S/c12-8-3-1-2-4-9(8)16-6-7-5-13-17-10(7)11(14)15/h1-5H,6H2,(H,14,15). The van der Waals surface area contributed by atoms with E-state index in [4.69, 9.17) is 21.4 Å². The third-order valence-electron chi connectivity index (χ3n) is 2.06. The van der Waals surface area contributed by atoms with Gasteiger partial charge in [-0.1, -0.05) is 23.7 Å². The van der Waals surface area contributed by atoms with Crippen LogP contribution in [0.1, 0.15) is 15.2 Å². The Bertz CT molecular complexity index is 541. The lowest BCUT2D eigenvalue weighted by atomic mass is 10.3. The Morgan fingerprint density at radius 3 is 2.94 bits per heavy atom. The van der Waals surface area contributed by atoms with E-state index in [9.17, 15) is 4.79 Å². The van der Waals surface area contributed by atoms with Crippen LogP contribution in [0.5, 0.6) is 5.75 Å². The normalized spacial score (nSPS) is 10.2. The van der Waals surface area contributed by atoms with Gasteiger partial charge in [0.15, 0.2) is 0 Å². The van der Waals surface area contributed by atoms with Crippen LogP contribution in [-0.2, 0) is 6.61 Å². The van der Waals surface area contributed by atoms with E-state index in [0.29, 0.717) is 16.3 Å². The van der Waals surface area contributed by atoms with E-state index in [1.54, 1.807) is 24.3 Å². The van der Waals surface area contributed by atoms with Gasteiger partial charge in [0.05, 0.1) is 5.02 Å². The molecule has 1 aromatic carbocycles. The number of benzene rings is 1. The minimum Gasteiger partial charge on any atom is -0.487 e. The summed E-state index contributed by atoms with van der Waals surface area (Å²) >= 11 is 6.85. The van der Waals surface area contributed by atoms with Gasteiger partial charge in [-0.2, -0.15) is 4.37 Å². The molecular formula is C11H8ClNO3S. The van der Waals surface area contributed by atoms with Gasteiger partial charge in [0.1, 0.15) is 17.2 Å². The number of carboxylic acids is 1. The molecule has 1 N–H and O–H groups in total. The monoisotopic (exact) mass is 269 g/mol. The SMILES string of the molecule is O=C(O)c1sncc1COc1ccccc1Cl. The second kappa shape index (κ2) is 5.16. The van der Waals surface area contributed by atoms with Crippen LogP contribution in [0.3, 0.4) is 0 Å². The van der Waals surface area contributed by atoms with Crippen molar-refractivity contribution in [2.24, 2.45) is 0 Å². The molecule has 0 fully saturated rings. The molecule has 2 rings (SSSR count). The third-order valence-corrected chi connectivity index (χ3v) is 3.20. The van der Waals surface area contributed by atoms with E-state index in [1.165, 1.54) is 6.20 Å². The zero-order chi connectivity index (χ0) is 12.3. The van der Waals surface area contributed by atoms with Crippen LogP contribution < -0.4 is 4.74 Å². The first-order chi connectivity index (χ1) is 8.18. The highest BCUT2D eigenvalue weighted by atomic mass is 35.5. The van der Waals surface area contributed by atoms with Crippen molar-refractivity contribution in [3.05, 3.63) is 45.9 Å². The molecule has 0 aliphatic carbocycles. The van der Waals surface area contributed by atoms with Gasteiger partial charge >= 0.3 is 5.97 Å². The zero-order valence-corrected chi connectivity index (χ0v) is 10.2. The molecule has 0 amide bonds. The van der Waals surface area contributed by atoms with Gasteiger partial charge < -0.3 is 9.84 Å². The molecule has 0 spiro atoms. The Labute approximate surface area is 107 Å². The van der Waals surface area contributed by atoms with Crippen LogP contribution in [0.25, 0.3) is 0 Å². The number of hydrogen-bond acceptors (Lipinski definition) is 4. The fourth-order valence-corrected chi connectivity index (χ4v) is 2.04. The molecule has 0 saturated carbocycles. The summed E-state index contributed by atoms with van der Waals surface area (Å²) in [6.45, 7) is 0.141. The highest BCUT2D eigenvalue weighted by Gasteiger charge is 2.13. The molecule has 6 heteroatoms. The Morgan fingerprint density at radius 1 is 1.47 bits per heavy atom. The van der Waals surface area contributed by atoms with Gasteiger partial charge in [0.25, 0.3) is 0 Å². The molecule has 0 bridgehead atoms. The van der Waals surface area contributed by atoms with Crippen LogP contribution in [0, 0.1) is 0 Å². The Hall–Kier alpha value is -1.59. The fourth-order valence-electron chi connectivity index (χ4n) is 1.26. The predicted molar refractivity (Wildman–Crippen MR) is 64.9 cm³/mol. The summed E-state index contributed by atoms with van der Waals surface area (Å²) in [5, 5.41) is 9.39. The quantitative estimate of drug-likeness (QED) is 0.927. The molecule has 0 radical (unpaired) electrons. The highest BCUT2D eigenvalue weighted by Crippen LogP contribution is 2.25. The molecule has 0 saturated heterocycles. The number of aromatic carboxylic acids is 1. The van der Waals surface area contributed by atoms with Gasteiger partial charge in [0, 0.05) is 11.8 Å². The average Bonchev–Trinajstić information content (AvgIpc) is 2.76. The molecule has 1 heterocycles. The topological polar surface area (TPSA) is 59.4 Å². The van der Waals surface area contributed by atoms with E-state index >= 15 is 0 Å².